The lowest BCUT2D eigenvalue weighted by Gasteiger charge is -2.18. The van der Waals surface area contributed by atoms with E-state index in [4.69, 9.17) is 9.15 Å². The van der Waals surface area contributed by atoms with Gasteiger partial charge in [-0.25, -0.2) is 0 Å². The fraction of sp³-hybridized carbons (Fsp3) is 0.263. The predicted octanol–water partition coefficient (Wildman–Crippen LogP) is 6.17. The Balaban J connectivity index is 2.08. The molecule has 0 atom stereocenters. The van der Waals surface area contributed by atoms with E-state index in [0.29, 0.717) is 0 Å². The second-order valence-electron chi connectivity index (χ2n) is 6.43. The van der Waals surface area contributed by atoms with Gasteiger partial charge in [-0.3, -0.25) is 0 Å². The van der Waals surface area contributed by atoms with Crippen LogP contribution in [-0.2, 0) is 5.41 Å². The van der Waals surface area contributed by atoms with Crippen molar-refractivity contribution in [3.63, 3.8) is 0 Å². The molecule has 0 radical (unpaired) electrons. The third-order valence-corrected chi connectivity index (χ3v) is 4.64. The van der Waals surface area contributed by atoms with Crippen LogP contribution in [0.15, 0.2) is 51.4 Å². The van der Waals surface area contributed by atoms with Crippen LogP contribution in [0.5, 0.6) is 5.75 Å². The van der Waals surface area contributed by atoms with Crippen LogP contribution in [0.2, 0.25) is 0 Å². The fourth-order valence-electron chi connectivity index (χ4n) is 2.48. The average Bonchev–Trinajstić information content (AvgIpc) is 2.83. The molecule has 0 N–H and O–H groups in total. The quantitative estimate of drug-likeness (QED) is 0.546. The normalized spacial score (nSPS) is 11.9. The smallest absolute Gasteiger partial charge is 0.149 e. The second-order valence-corrected chi connectivity index (χ2v) is 7.23. The van der Waals surface area contributed by atoms with Crippen molar-refractivity contribution in [1.29, 1.82) is 0 Å². The van der Waals surface area contributed by atoms with Crippen molar-refractivity contribution in [2.24, 2.45) is 0 Å². The molecule has 22 heavy (non-hydrogen) atoms. The Labute approximate surface area is 139 Å². The van der Waals surface area contributed by atoms with Gasteiger partial charge >= 0.3 is 0 Å². The lowest BCUT2D eigenvalue weighted by Crippen LogP contribution is -2.10. The zero-order valence-electron chi connectivity index (χ0n) is 13.2. The summed E-state index contributed by atoms with van der Waals surface area (Å²) in [6.45, 7) is 6.64. The third kappa shape index (κ3) is 2.66. The van der Waals surface area contributed by atoms with Crippen LogP contribution in [0.25, 0.3) is 22.3 Å². The molecule has 3 rings (SSSR count). The van der Waals surface area contributed by atoms with Crippen molar-refractivity contribution in [2.45, 2.75) is 26.2 Å². The first-order chi connectivity index (χ1) is 10.4. The molecule has 0 aliphatic carbocycles. The van der Waals surface area contributed by atoms with Gasteiger partial charge in [0.25, 0.3) is 0 Å². The van der Waals surface area contributed by atoms with Crippen LogP contribution >= 0.6 is 15.9 Å². The standard InChI is InChI=1S/C19H19BrO2/c1-19(2,3)13-7-5-12(6-8-13)18-17(20)15-10-9-14(21-4)11-16(15)22-18/h5-11H,1-4H3. The first-order valence-electron chi connectivity index (χ1n) is 7.27. The molecule has 0 fully saturated rings. The van der Waals surface area contributed by atoms with E-state index in [2.05, 4.69) is 61.0 Å². The monoisotopic (exact) mass is 358 g/mol. The summed E-state index contributed by atoms with van der Waals surface area (Å²) in [6, 6.07) is 14.4. The van der Waals surface area contributed by atoms with Gasteiger partial charge in [0.1, 0.15) is 17.1 Å². The highest BCUT2D eigenvalue weighted by atomic mass is 79.9. The number of ether oxygens (including phenoxy) is 1. The molecule has 0 saturated heterocycles. The van der Waals surface area contributed by atoms with Gasteiger partial charge in [0.05, 0.1) is 11.6 Å². The van der Waals surface area contributed by atoms with E-state index in [-0.39, 0.29) is 5.41 Å². The van der Waals surface area contributed by atoms with Crippen LogP contribution in [0.4, 0.5) is 0 Å². The van der Waals surface area contributed by atoms with Gasteiger partial charge in [-0.05, 0) is 39.0 Å². The van der Waals surface area contributed by atoms with Crippen molar-refractivity contribution < 1.29 is 9.15 Å². The number of halogens is 1. The van der Waals surface area contributed by atoms with Gasteiger partial charge < -0.3 is 9.15 Å². The van der Waals surface area contributed by atoms with Gasteiger partial charge in [-0.15, -0.1) is 0 Å². The maximum Gasteiger partial charge on any atom is 0.149 e. The minimum absolute atomic E-state index is 0.150. The lowest BCUT2D eigenvalue weighted by molar-refractivity contribution is 0.414. The molecule has 3 aromatic rings. The summed E-state index contributed by atoms with van der Waals surface area (Å²) in [5.41, 5.74) is 3.35. The summed E-state index contributed by atoms with van der Waals surface area (Å²) in [4.78, 5) is 0. The highest BCUT2D eigenvalue weighted by Crippen LogP contribution is 2.39. The Kier molecular flexibility index (Phi) is 3.77. The molecule has 0 saturated carbocycles. The van der Waals surface area contributed by atoms with E-state index in [1.807, 2.05) is 18.2 Å². The minimum atomic E-state index is 0.150. The fourth-order valence-corrected chi connectivity index (χ4v) is 3.12. The molecule has 0 aliphatic heterocycles. The Hall–Kier alpha value is -1.74. The van der Waals surface area contributed by atoms with Crippen molar-refractivity contribution >= 4 is 26.9 Å². The van der Waals surface area contributed by atoms with Gasteiger partial charge in [0.15, 0.2) is 0 Å². The summed E-state index contributed by atoms with van der Waals surface area (Å²) >= 11 is 3.66. The van der Waals surface area contributed by atoms with Crippen molar-refractivity contribution in [2.75, 3.05) is 7.11 Å². The van der Waals surface area contributed by atoms with Crippen molar-refractivity contribution in [3.05, 3.63) is 52.5 Å². The molecular formula is C19H19BrO2. The Morgan fingerprint density at radius 3 is 2.27 bits per heavy atom. The van der Waals surface area contributed by atoms with E-state index >= 15 is 0 Å². The van der Waals surface area contributed by atoms with E-state index in [1.54, 1.807) is 7.11 Å². The van der Waals surface area contributed by atoms with E-state index in [0.717, 1.165) is 32.5 Å². The number of rotatable bonds is 2. The Bertz CT molecular complexity index is 808. The van der Waals surface area contributed by atoms with Crippen LogP contribution in [0, 0.1) is 0 Å². The number of furan rings is 1. The predicted molar refractivity (Wildman–Crippen MR) is 94.6 cm³/mol. The maximum absolute atomic E-state index is 6.03. The highest BCUT2D eigenvalue weighted by Gasteiger charge is 2.17. The molecule has 3 heteroatoms. The zero-order chi connectivity index (χ0) is 15.9. The first kappa shape index (κ1) is 15.2. The maximum atomic E-state index is 6.03. The molecule has 0 amide bonds. The topological polar surface area (TPSA) is 22.4 Å². The minimum Gasteiger partial charge on any atom is -0.497 e. The molecule has 1 aromatic heterocycles. The molecular weight excluding hydrogens is 340 g/mol. The molecule has 1 heterocycles. The summed E-state index contributed by atoms with van der Waals surface area (Å²) in [7, 11) is 1.66. The van der Waals surface area contributed by atoms with Crippen LogP contribution in [-0.4, -0.2) is 7.11 Å². The molecule has 0 bridgehead atoms. The summed E-state index contributed by atoms with van der Waals surface area (Å²) < 4.78 is 12.3. The van der Waals surface area contributed by atoms with E-state index < -0.39 is 0 Å². The number of fused-ring (bicyclic) bond motifs is 1. The van der Waals surface area contributed by atoms with Crippen molar-refractivity contribution in [1.82, 2.24) is 0 Å². The number of benzene rings is 2. The van der Waals surface area contributed by atoms with Gasteiger partial charge in [0.2, 0.25) is 0 Å². The molecule has 0 unspecified atom stereocenters. The van der Waals surface area contributed by atoms with E-state index in [1.165, 1.54) is 5.56 Å². The zero-order valence-corrected chi connectivity index (χ0v) is 14.8. The molecule has 2 aromatic carbocycles. The SMILES string of the molecule is COc1ccc2c(Br)c(-c3ccc(C(C)(C)C)cc3)oc2c1. The van der Waals surface area contributed by atoms with Gasteiger partial charge in [-0.1, -0.05) is 45.0 Å². The Morgan fingerprint density at radius 1 is 1.00 bits per heavy atom. The van der Waals surface area contributed by atoms with Crippen LogP contribution in [0.1, 0.15) is 26.3 Å². The number of hydrogen-bond acceptors (Lipinski definition) is 2. The van der Waals surface area contributed by atoms with Crippen LogP contribution < -0.4 is 4.74 Å². The van der Waals surface area contributed by atoms with Gasteiger partial charge in [-0.2, -0.15) is 0 Å². The number of methoxy groups -OCH3 is 1. The molecule has 0 aliphatic rings. The largest absolute Gasteiger partial charge is 0.497 e. The second kappa shape index (κ2) is 5.47. The molecule has 0 spiro atoms. The van der Waals surface area contributed by atoms with E-state index in [9.17, 15) is 0 Å². The summed E-state index contributed by atoms with van der Waals surface area (Å²) in [6.07, 6.45) is 0. The van der Waals surface area contributed by atoms with Gasteiger partial charge in [0, 0.05) is 17.0 Å². The lowest BCUT2D eigenvalue weighted by atomic mass is 9.86. The molecule has 2 nitrogen and oxygen atoms in total. The summed E-state index contributed by atoms with van der Waals surface area (Å²) in [5.74, 6) is 1.65. The average molecular weight is 359 g/mol. The molecule has 114 valence electrons. The summed E-state index contributed by atoms with van der Waals surface area (Å²) in [5, 5.41) is 1.05. The highest BCUT2D eigenvalue weighted by molar-refractivity contribution is 9.10. The Morgan fingerprint density at radius 2 is 1.68 bits per heavy atom. The first-order valence-corrected chi connectivity index (χ1v) is 8.06. The van der Waals surface area contributed by atoms with Crippen molar-refractivity contribution in [3.8, 4) is 17.1 Å². The van der Waals surface area contributed by atoms with Crippen LogP contribution in [0.3, 0.4) is 0 Å². The third-order valence-electron chi connectivity index (χ3n) is 3.85. The number of hydrogen-bond donors (Lipinski definition) is 0.